The number of thiol groups is 1. The fourth-order valence-electron chi connectivity index (χ4n) is 3.21. The van der Waals surface area contributed by atoms with Crippen LogP contribution < -0.4 is 8.61 Å². The van der Waals surface area contributed by atoms with Crippen molar-refractivity contribution in [2.24, 2.45) is 0 Å². The van der Waals surface area contributed by atoms with Crippen molar-refractivity contribution in [3.8, 4) is 12.1 Å². The summed E-state index contributed by atoms with van der Waals surface area (Å²) in [5, 5.41) is 18.7. The smallest absolute Gasteiger partial charge is 0.258 e. The first kappa shape index (κ1) is 22.9. The highest BCUT2D eigenvalue weighted by atomic mass is 32.2. The van der Waals surface area contributed by atoms with Crippen LogP contribution in [0.3, 0.4) is 0 Å². The first-order valence-electron chi connectivity index (χ1n) is 8.88. The van der Waals surface area contributed by atoms with E-state index < -0.39 is 50.5 Å². The molecular weight excluding hydrogens is 462 g/mol. The molecule has 0 aliphatic rings. The summed E-state index contributed by atoms with van der Waals surface area (Å²) < 4.78 is 79.6. The lowest BCUT2D eigenvalue weighted by Gasteiger charge is -2.25. The molecule has 32 heavy (non-hydrogen) atoms. The van der Waals surface area contributed by atoms with Gasteiger partial charge in [0.1, 0.15) is 24.7 Å². The molecule has 3 rings (SSSR count). The van der Waals surface area contributed by atoms with Crippen molar-refractivity contribution < 1.29 is 25.6 Å². The van der Waals surface area contributed by atoms with Crippen molar-refractivity contribution in [2.45, 2.75) is 4.90 Å². The summed E-state index contributed by atoms with van der Waals surface area (Å²) in [6.07, 6.45) is 0. The normalized spacial score (nSPS) is 11.2. The van der Waals surface area contributed by atoms with Gasteiger partial charge in [0.25, 0.3) is 10.0 Å². The molecule has 12 heteroatoms. The van der Waals surface area contributed by atoms with Gasteiger partial charge in [0, 0.05) is 10.8 Å². The Balaban J connectivity index is 2.31. The van der Waals surface area contributed by atoms with Crippen LogP contribution in [0.1, 0.15) is 0 Å². The number of hydrogen-bond donors (Lipinski definition) is 1. The lowest BCUT2D eigenvalue weighted by Crippen LogP contribution is -2.33. The van der Waals surface area contributed by atoms with Crippen molar-refractivity contribution >= 4 is 43.1 Å². The molecule has 0 amide bonds. The molecule has 0 aliphatic carbocycles. The topological polar surface area (TPSA) is 122 Å². The van der Waals surface area contributed by atoms with Crippen molar-refractivity contribution in [3.05, 3.63) is 66.2 Å². The third kappa shape index (κ3) is 4.06. The first-order chi connectivity index (χ1) is 15.2. The van der Waals surface area contributed by atoms with Gasteiger partial charge in [0.2, 0.25) is 10.9 Å². The van der Waals surface area contributed by atoms with Crippen LogP contribution in [-0.2, 0) is 20.9 Å². The highest BCUT2D eigenvalue weighted by Gasteiger charge is 2.32. The van der Waals surface area contributed by atoms with Crippen molar-refractivity contribution in [2.75, 3.05) is 21.7 Å². The Morgan fingerprint density at radius 3 is 1.88 bits per heavy atom. The van der Waals surface area contributed by atoms with Gasteiger partial charge in [-0.3, -0.25) is 8.61 Å². The van der Waals surface area contributed by atoms with E-state index in [2.05, 4.69) is 0 Å². The number of nitrogens with zero attached hydrogens (tertiary/aromatic N) is 4. The van der Waals surface area contributed by atoms with Gasteiger partial charge in [-0.05, 0) is 24.3 Å². The summed E-state index contributed by atoms with van der Waals surface area (Å²) in [6, 6.07) is 14.5. The minimum absolute atomic E-state index is 0.0911. The Kier molecular flexibility index (Phi) is 6.58. The quantitative estimate of drug-likeness (QED) is 0.413. The number of benzene rings is 3. The average Bonchev–Trinajstić information content (AvgIpc) is 2.75. The van der Waals surface area contributed by atoms with E-state index in [1.54, 1.807) is 24.3 Å². The molecule has 0 fully saturated rings. The fraction of sp³-hybridized carbons (Fsp3) is 0.100. The monoisotopic (exact) mass is 476 g/mol. The third-order valence-corrected chi connectivity index (χ3v) is 7.09. The number of halogens is 2. The van der Waals surface area contributed by atoms with Gasteiger partial charge in [-0.15, -0.1) is 0 Å². The number of anilines is 2. The van der Waals surface area contributed by atoms with E-state index >= 15 is 0 Å². The lowest BCUT2D eigenvalue weighted by atomic mass is 10.1. The van der Waals surface area contributed by atoms with E-state index in [1.165, 1.54) is 24.3 Å². The highest BCUT2D eigenvalue weighted by molar-refractivity contribution is 7.92. The van der Waals surface area contributed by atoms with E-state index in [9.17, 15) is 30.9 Å². The lowest BCUT2D eigenvalue weighted by molar-refractivity contribution is 0.518. The second-order valence-corrected chi connectivity index (χ2v) is 9.08. The highest BCUT2D eigenvalue weighted by Crippen LogP contribution is 2.37. The van der Waals surface area contributed by atoms with Gasteiger partial charge in [-0.2, -0.15) is 10.5 Å². The SMILES string of the molecule is N#CCN(c1ccc(N(CC#N)S(=O)(=O)c2c(F)cccc2F)c2ccccc12)[SH](=O)=O. The molecule has 0 N–H and O–H groups in total. The molecule has 0 saturated heterocycles. The molecule has 0 aromatic heterocycles. The van der Waals surface area contributed by atoms with Gasteiger partial charge in [-0.25, -0.2) is 25.6 Å². The standard InChI is InChI=1S/C20H14F2N4O4S2/c21-16-6-3-7-17(22)20(16)32(29,30)26(13-11-24)19-9-8-18(25(12-10-23)31(27)28)14-4-1-2-5-15(14)19/h1-9,31H,12-13H2. The summed E-state index contributed by atoms with van der Waals surface area (Å²) in [5.41, 5.74) is 0.0139. The Morgan fingerprint density at radius 1 is 0.812 bits per heavy atom. The number of nitriles is 2. The van der Waals surface area contributed by atoms with Crippen LogP contribution in [0.2, 0.25) is 0 Å². The van der Waals surface area contributed by atoms with E-state index in [0.717, 1.165) is 22.5 Å². The van der Waals surface area contributed by atoms with E-state index in [-0.39, 0.29) is 22.1 Å². The molecule has 3 aromatic rings. The fourth-order valence-corrected chi connectivity index (χ4v) is 5.23. The van der Waals surface area contributed by atoms with Crippen LogP contribution in [0.4, 0.5) is 20.2 Å². The second-order valence-electron chi connectivity index (χ2n) is 6.32. The zero-order valence-electron chi connectivity index (χ0n) is 16.1. The molecule has 3 aromatic carbocycles. The van der Waals surface area contributed by atoms with Crippen molar-refractivity contribution in [3.63, 3.8) is 0 Å². The predicted molar refractivity (Wildman–Crippen MR) is 114 cm³/mol. The molecule has 0 aliphatic heterocycles. The maximum atomic E-state index is 14.3. The summed E-state index contributed by atoms with van der Waals surface area (Å²) in [7, 11) is -8.04. The molecule has 0 spiro atoms. The molecule has 164 valence electrons. The summed E-state index contributed by atoms with van der Waals surface area (Å²) in [4.78, 5) is -1.21. The Hall–Kier alpha value is -3.74. The van der Waals surface area contributed by atoms with Crippen molar-refractivity contribution in [1.82, 2.24) is 0 Å². The van der Waals surface area contributed by atoms with Crippen LogP contribution >= 0.6 is 0 Å². The molecule has 0 atom stereocenters. The zero-order chi connectivity index (χ0) is 23.5. The number of fused-ring (bicyclic) bond motifs is 1. The summed E-state index contributed by atoms with van der Waals surface area (Å²) in [5.74, 6) is -2.64. The van der Waals surface area contributed by atoms with Crippen molar-refractivity contribution in [1.29, 1.82) is 10.5 Å². The summed E-state index contributed by atoms with van der Waals surface area (Å²) >= 11 is 0. The van der Waals surface area contributed by atoms with Crippen LogP contribution in [0.25, 0.3) is 10.8 Å². The number of sulfonamides is 1. The average molecular weight is 476 g/mol. The second kappa shape index (κ2) is 9.18. The maximum Gasteiger partial charge on any atom is 0.271 e. The van der Waals surface area contributed by atoms with E-state index in [4.69, 9.17) is 5.26 Å². The van der Waals surface area contributed by atoms with E-state index in [0.29, 0.717) is 4.31 Å². The number of hydrogen-bond acceptors (Lipinski definition) is 6. The van der Waals surface area contributed by atoms with Crippen LogP contribution in [0.15, 0.2) is 59.5 Å². The zero-order valence-corrected chi connectivity index (χ0v) is 17.9. The molecule has 0 bridgehead atoms. The van der Waals surface area contributed by atoms with Gasteiger partial charge in [0.15, 0.2) is 4.90 Å². The minimum atomic E-state index is -4.85. The van der Waals surface area contributed by atoms with Crippen LogP contribution in [0, 0.1) is 34.3 Å². The minimum Gasteiger partial charge on any atom is -0.258 e. The van der Waals surface area contributed by atoms with Crippen LogP contribution in [-0.4, -0.2) is 29.9 Å². The summed E-state index contributed by atoms with van der Waals surface area (Å²) in [6.45, 7) is -1.25. The molecule has 0 radical (unpaired) electrons. The van der Waals surface area contributed by atoms with Gasteiger partial charge in [-0.1, -0.05) is 30.3 Å². The largest absolute Gasteiger partial charge is 0.271 e. The molecule has 8 nitrogen and oxygen atoms in total. The molecular formula is C20H14F2N4O4S2. The molecule has 0 saturated carbocycles. The Labute approximate surface area is 184 Å². The molecule has 0 heterocycles. The van der Waals surface area contributed by atoms with Gasteiger partial charge < -0.3 is 0 Å². The third-order valence-electron chi connectivity index (χ3n) is 4.52. The van der Waals surface area contributed by atoms with Gasteiger partial charge in [0.05, 0.1) is 23.5 Å². The van der Waals surface area contributed by atoms with Gasteiger partial charge >= 0.3 is 0 Å². The predicted octanol–water partition coefficient (Wildman–Crippen LogP) is 2.69. The van der Waals surface area contributed by atoms with Crippen LogP contribution in [0.5, 0.6) is 0 Å². The first-order valence-corrected chi connectivity index (χ1v) is 11.4. The van der Waals surface area contributed by atoms with E-state index in [1.807, 2.05) is 0 Å². The Morgan fingerprint density at radius 2 is 1.34 bits per heavy atom. The maximum absolute atomic E-state index is 14.3. The molecule has 0 unspecified atom stereocenters. The number of rotatable bonds is 7. The Bertz CT molecular complexity index is 1430.